The maximum Gasteiger partial charge on any atom is 0.0527 e. The lowest BCUT2D eigenvalue weighted by atomic mass is 9.75. The Labute approximate surface area is 107 Å². The molecule has 0 spiro atoms. The highest BCUT2D eigenvalue weighted by Crippen LogP contribution is 2.41. The average molecular weight is 255 g/mol. The van der Waals surface area contributed by atoms with Gasteiger partial charge in [-0.15, -0.1) is 11.6 Å². The fourth-order valence-electron chi connectivity index (χ4n) is 2.34. The minimum Gasteiger partial charge on any atom is -0.118 e. The Morgan fingerprint density at radius 3 is 2.69 bits per heavy atom. The average Bonchev–Trinajstić information content (AvgIpc) is 2.14. The largest absolute Gasteiger partial charge is 0.118 e. The number of hydrogen-bond acceptors (Lipinski definition) is 0. The SMILES string of the molecule is CC1(C)CC(c2cccc(Cl)c2)=CC(Cl)C1. The minimum absolute atomic E-state index is 0.137. The zero-order valence-electron chi connectivity index (χ0n) is 9.63. The summed E-state index contributed by atoms with van der Waals surface area (Å²) in [5.74, 6) is 0. The highest BCUT2D eigenvalue weighted by atomic mass is 35.5. The van der Waals surface area contributed by atoms with Crippen molar-refractivity contribution in [2.45, 2.75) is 32.1 Å². The molecule has 0 heterocycles. The van der Waals surface area contributed by atoms with Crippen LogP contribution in [0.2, 0.25) is 5.02 Å². The molecule has 0 aliphatic heterocycles. The van der Waals surface area contributed by atoms with Gasteiger partial charge in [0.2, 0.25) is 0 Å². The van der Waals surface area contributed by atoms with E-state index >= 15 is 0 Å². The van der Waals surface area contributed by atoms with Gasteiger partial charge in [0, 0.05) is 5.02 Å². The number of halogens is 2. The van der Waals surface area contributed by atoms with E-state index in [2.05, 4.69) is 26.0 Å². The van der Waals surface area contributed by atoms with E-state index in [4.69, 9.17) is 23.2 Å². The summed E-state index contributed by atoms with van der Waals surface area (Å²) >= 11 is 12.3. The van der Waals surface area contributed by atoms with Crippen LogP contribution in [-0.2, 0) is 0 Å². The molecule has 0 amide bonds. The van der Waals surface area contributed by atoms with Gasteiger partial charge in [0.25, 0.3) is 0 Å². The smallest absolute Gasteiger partial charge is 0.0527 e. The molecule has 1 aromatic carbocycles. The van der Waals surface area contributed by atoms with Crippen molar-refractivity contribution in [2.24, 2.45) is 5.41 Å². The molecular formula is C14H16Cl2. The van der Waals surface area contributed by atoms with E-state index in [9.17, 15) is 0 Å². The third-order valence-corrected chi connectivity index (χ3v) is 3.51. The zero-order chi connectivity index (χ0) is 11.8. The van der Waals surface area contributed by atoms with E-state index in [0.29, 0.717) is 0 Å². The summed E-state index contributed by atoms with van der Waals surface area (Å²) in [7, 11) is 0. The molecule has 0 radical (unpaired) electrons. The summed E-state index contributed by atoms with van der Waals surface area (Å²) in [6, 6.07) is 8.00. The number of alkyl halides is 1. The van der Waals surface area contributed by atoms with Gasteiger partial charge in [-0.3, -0.25) is 0 Å². The molecule has 2 heteroatoms. The third kappa shape index (κ3) is 2.81. The predicted octanol–water partition coefficient (Wildman–Crippen LogP) is 5.15. The van der Waals surface area contributed by atoms with E-state index in [-0.39, 0.29) is 10.8 Å². The van der Waals surface area contributed by atoms with Crippen LogP contribution < -0.4 is 0 Å². The number of hydrogen-bond donors (Lipinski definition) is 0. The molecule has 0 N–H and O–H groups in total. The van der Waals surface area contributed by atoms with Crippen LogP contribution in [-0.4, -0.2) is 5.38 Å². The second-order valence-corrected chi connectivity index (χ2v) is 6.26. The molecule has 0 nitrogen and oxygen atoms in total. The van der Waals surface area contributed by atoms with Crippen molar-refractivity contribution in [1.82, 2.24) is 0 Å². The third-order valence-electron chi connectivity index (χ3n) is 2.99. The first kappa shape index (κ1) is 12.0. The second kappa shape index (κ2) is 4.43. The predicted molar refractivity (Wildman–Crippen MR) is 72.1 cm³/mol. The van der Waals surface area contributed by atoms with Crippen LogP contribution in [0.25, 0.3) is 5.57 Å². The van der Waals surface area contributed by atoms with Crippen molar-refractivity contribution in [1.29, 1.82) is 0 Å². The van der Waals surface area contributed by atoms with Crippen LogP contribution in [0.15, 0.2) is 30.3 Å². The molecule has 1 atom stereocenters. The molecule has 1 aliphatic carbocycles. The second-order valence-electron chi connectivity index (χ2n) is 5.26. The van der Waals surface area contributed by atoms with E-state index < -0.39 is 0 Å². The van der Waals surface area contributed by atoms with Crippen LogP contribution in [0, 0.1) is 5.41 Å². The quantitative estimate of drug-likeness (QED) is 0.608. The van der Waals surface area contributed by atoms with Crippen LogP contribution in [0.3, 0.4) is 0 Å². The molecule has 1 unspecified atom stereocenters. The zero-order valence-corrected chi connectivity index (χ0v) is 11.1. The van der Waals surface area contributed by atoms with E-state index in [1.165, 1.54) is 11.1 Å². The maximum absolute atomic E-state index is 6.28. The summed E-state index contributed by atoms with van der Waals surface area (Å²) in [4.78, 5) is 0. The summed E-state index contributed by atoms with van der Waals surface area (Å²) in [6.07, 6.45) is 4.27. The van der Waals surface area contributed by atoms with Crippen molar-refractivity contribution in [3.8, 4) is 0 Å². The summed E-state index contributed by atoms with van der Waals surface area (Å²) in [5, 5.41) is 0.922. The first-order valence-corrected chi connectivity index (χ1v) is 6.38. The van der Waals surface area contributed by atoms with Crippen molar-refractivity contribution in [3.63, 3.8) is 0 Å². The first-order chi connectivity index (χ1) is 7.46. The Kier molecular flexibility index (Phi) is 3.32. The van der Waals surface area contributed by atoms with Gasteiger partial charge in [-0.25, -0.2) is 0 Å². The van der Waals surface area contributed by atoms with Crippen molar-refractivity contribution in [3.05, 3.63) is 40.9 Å². The lowest BCUT2D eigenvalue weighted by Crippen LogP contribution is -2.21. The summed E-state index contributed by atoms with van der Waals surface area (Å²) in [5.41, 5.74) is 2.79. The summed E-state index contributed by atoms with van der Waals surface area (Å²) in [6.45, 7) is 4.53. The number of allylic oxidation sites excluding steroid dienone is 2. The fourth-order valence-corrected chi connectivity index (χ4v) is 3.10. The first-order valence-electron chi connectivity index (χ1n) is 5.57. The highest BCUT2D eigenvalue weighted by molar-refractivity contribution is 6.30. The van der Waals surface area contributed by atoms with Gasteiger partial charge < -0.3 is 0 Å². The molecule has 0 saturated carbocycles. The molecule has 0 saturated heterocycles. The molecule has 0 aromatic heterocycles. The molecule has 1 aromatic rings. The maximum atomic E-state index is 6.28. The standard InChI is InChI=1S/C14H16Cl2/c1-14(2)8-11(7-13(16)9-14)10-4-3-5-12(15)6-10/h3-7,13H,8-9H2,1-2H3. The van der Waals surface area contributed by atoms with Crippen molar-refractivity contribution in [2.75, 3.05) is 0 Å². The van der Waals surface area contributed by atoms with Crippen LogP contribution in [0.4, 0.5) is 0 Å². The lowest BCUT2D eigenvalue weighted by molar-refractivity contribution is 0.340. The Hall–Kier alpha value is -0.460. The van der Waals surface area contributed by atoms with Gasteiger partial charge in [0.15, 0.2) is 0 Å². The van der Waals surface area contributed by atoms with E-state index in [0.717, 1.165) is 17.9 Å². The van der Waals surface area contributed by atoms with Gasteiger partial charge in [0.1, 0.15) is 0 Å². The Morgan fingerprint density at radius 1 is 1.31 bits per heavy atom. The van der Waals surface area contributed by atoms with Gasteiger partial charge in [0.05, 0.1) is 5.38 Å². The molecule has 86 valence electrons. The Balaban J connectivity index is 2.34. The molecule has 1 aliphatic rings. The Morgan fingerprint density at radius 2 is 2.06 bits per heavy atom. The lowest BCUT2D eigenvalue weighted by Gasteiger charge is -2.32. The number of benzene rings is 1. The van der Waals surface area contributed by atoms with Gasteiger partial charge in [-0.1, -0.05) is 43.7 Å². The molecule has 16 heavy (non-hydrogen) atoms. The van der Waals surface area contributed by atoms with Crippen molar-refractivity contribution >= 4 is 28.8 Å². The molecule has 0 bridgehead atoms. The van der Waals surface area contributed by atoms with E-state index in [1.54, 1.807) is 0 Å². The van der Waals surface area contributed by atoms with Crippen LogP contribution >= 0.6 is 23.2 Å². The molecule has 0 fully saturated rings. The van der Waals surface area contributed by atoms with Crippen LogP contribution in [0.5, 0.6) is 0 Å². The number of rotatable bonds is 1. The Bertz CT molecular complexity index is 418. The molecular weight excluding hydrogens is 239 g/mol. The van der Waals surface area contributed by atoms with Gasteiger partial charge in [-0.05, 0) is 41.5 Å². The molecule has 2 rings (SSSR count). The van der Waals surface area contributed by atoms with Crippen molar-refractivity contribution < 1.29 is 0 Å². The fraction of sp³-hybridized carbons (Fsp3) is 0.429. The monoisotopic (exact) mass is 254 g/mol. The van der Waals surface area contributed by atoms with E-state index in [1.807, 2.05) is 18.2 Å². The van der Waals surface area contributed by atoms with Gasteiger partial charge in [-0.2, -0.15) is 0 Å². The van der Waals surface area contributed by atoms with Gasteiger partial charge >= 0.3 is 0 Å². The highest BCUT2D eigenvalue weighted by Gasteiger charge is 2.28. The normalized spacial score (nSPS) is 24.0. The summed E-state index contributed by atoms with van der Waals surface area (Å²) < 4.78 is 0. The van der Waals surface area contributed by atoms with Crippen LogP contribution in [0.1, 0.15) is 32.3 Å². The minimum atomic E-state index is 0.137. The topological polar surface area (TPSA) is 0 Å².